The molecule has 0 saturated heterocycles. The van der Waals surface area contributed by atoms with Gasteiger partial charge >= 0.3 is 0 Å². The lowest BCUT2D eigenvalue weighted by molar-refractivity contribution is 0.207. The predicted octanol–water partition coefficient (Wildman–Crippen LogP) is 4.73. The van der Waals surface area contributed by atoms with Gasteiger partial charge in [-0.2, -0.15) is 0 Å². The number of rotatable bonds is 4. The summed E-state index contributed by atoms with van der Waals surface area (Å²) in [4.78, 5) is 0. The van der Waals surface area contributed by atoms with Crippen LogP contribution in [0.15, 0.2) is 28.7 Å². The number of hydrogen-bond donors (Lipinski definition) is 1. The second-order valence-electron chi connectivity index (χ2n) is 5.60. The average molecular weight is 331 g/mol. The van der Waals surface area contributed by atoms with E-state index in [2.05, 4.69) is 52.4 Å². The molecule has 0 heterocycles. The fourth-order valence-electron chi connectivity index (χ4n) is 2.93. The monoisotopic (exact) mass is 329 g/mol. The molecule has 0 aliphatic heterocycles. The highest BCUT2D eigenvalue weighted by Gasteiger charge is 2.33. The number of nitrogens with one attached hydrogen (secondary N) is 1. The molecule has 0 amide bonds. The zero-order chi connectivity index (χ0) is 13.0. The summed E-state index contributed by atoms with van der Waals surface area (Å²) in [7, 11) is 0. The maximum absolute atomic E-state index is 6.23. The lowest BCUT2D eigenvalue weighted by Crippen LogP contribution is -2.49. The minimum absolute atomic E-state index is 0.140. The molecule has 18 heavy (non-hydrogen) atoms. The van der Waals surface area contributed by atoms with Crippen molar-refractivity contribution in [2.75, 3.05) is 5.88 Å². The van der Waals surface area contributed by atoms with Gasteiger partial charge in [-0.3, -0.25) is 0 Å². The van der Waals surface area contributed by atoms with Crippen molar-refractivity contribution in [3.05, 3.63) is 34.3 Å². The molecule has 2 atom stereocenters. The van der Waals surface area contributed by atoms with E-state index < -0.39 is 0 Å². The minimum atomic E-state index is 0.140. The number of halogens is 2. The highest BCUT2D eigenvalue weighted by molar-refractivity contribution is 9.10. The van der Waals surface area contributed by atoms with Crippen LogP contribution in [0.5, 0.6) is 0 Å². The molecular weight excluding hydrogens is 310 g/mol. The Morgan fingerprint density at radius 2 is 2.33 bits per heavy atom. The third kappa shape index (κ3) is 3.72. The van der Waals surface area contributed by atoms with Crippen molar-refractivity contribution in [1.29, 1.82) is 0 Å². The van der Waals surface area contributed by atoms with Crippen LogP contribution < -0.4 is 5.32 Å². The van der Waals surface area contributed by atoms with Crippen LogP contribution in [0, 0.1) is 5.92 Å². The van der Waals surface area contributed by atoms with Gasteiger partial charge in [-0.25, -0.2) is 0 Å². The second-order valence-corrected chi connectivity index (χ2v) is 6.78. The number of hydrogen-bond acceptors (Lipinski definition) is 1. The lowest BCUT2D eigenvalue weighted by Gasteiger charge is -2.39. The second kappa shape index (κ2) is 6.40. The molecule has 1 aromatic rings. The summed E-state index contributed by atoms with van der Waals surface area (Å²) in [5.41, 5.74) is 1.45. The van der Waals surface area contributed by atoms with E-state index in [4.69, 9.17) is 11.6 Å². The predicted molar refractivity (Wildman–Crippen MR) is 82.1 cm³/mol. The number of benzene rings is 1. The zero-order valence-corrected chi connectivity index (χ0v) is 13.2. The Hall–Kier alpha value is -0.0500. The first kappa shape index (κ1) is 14.4. The van der Waals surface area contributed by atoms with E-state index in [9.17, 15) is 0 Å². The summed E-state index contributed by atoms with van der Waals surface area (Å²) in [6.07, 6.45) is 5.04. The van der Waals surface area contributed by atoms with Gasteiger partial charge in [0.1, 0.15) is 0 Å². The summed E-state index contributed by atoms with van der Waals surface area (Å²) >= 11 is 9.74. The van der Waals surface area contributed by atoms with Gasteiger partial charge in [-0.15, -0.1) is 11.6 Å². The van der Waals surface area contributed by atoms with Crippen LogP contribution in [0.4, 0.5) is 0 Å². The number of alkyl halides is 1. The van der Waals surface area contributed by atoms with Crippen LogP contribution in [0.1, 0.15) is 38.2 Å². The Labute approximate surface area is 123 Å². The third-order valence-electron chi connectivity index (χ3n) is 3.90. The molecule has 2 rings (SSSR count). The zero-order valence-electron chi connectivity index (χ0n) is 10.9. The smallest absolute Gasteiger partial charge is 0.0406 e. The molecule has 1 aromatic carbocycles. The third-order valence-corrected chi connectivity index (χ3v) is 4.91. The van der Waals surface area contributed by atoms with Crippen molar-refractivity contribution in [3.63, 3.8) is 0 Å². The molecule has 1 nitrogen and oxygen atoms in total. The van der Waals surface area contributed by atoms with Gasteiger partial charge in [-0.1, -0.05) is 47.8 Å². The molecule has 3 heteroatoms. The summed E-state index contributed by atoms with van der Waals surface area (Å²) in [6, 6.07) is 8.47. The van der Waals surface area contributed by atoms with Gasteiger partial charge in [-0.05, 0) is 36.5 Å². The van der Waals surface area contributed by atoms with E-state index in [1.165, 1.54) is 31.2 Å². The topological polar surface area (TPSA) is 12.0 Å². The molecule has 0 radical (unpaired) electrons. The van der Waals surface area contributed by atoms with E-state index in [1.807, 2.05) is 0 Å². The van der Waals surface area contributed by atoms with Crippen molar-refractivity contribution in [2.24, 2.45) is 5.92 Å². The Morgan fingerprint density at radius 1 is 1.50 bits per heavy atom. The summed E-state index contributed by atoms with van der Waals surface area (Å²) in [6.45, 7) is 3.24. The molecule has 1 N–H and O–H groups in total. The quantitative estimate of drug-likeness (QED) is 0.787. The van der Waals surface area contributed by atoms with Gasteiger partial charge in [0, 0.05) is 22.4 Å². The summed E-state index contributed by atoms with van der Waals surface area (Å²) in [5, 5.41) is 3.71. The van der Waals surface area contributed by atoms with E-state index in [0.717, 1.165) is 16.9 Å². The Morgan fingerprint density at radius 3 is 3.00 bits per heavy atom. The largest absolute Gasteiger partial charge is 0.306 e. The van der Waals surface area contributed by atoms with Gasteiger partial charge in [0.15, 0.2) is 0 Å². The Bertz CT molecular complexity index is 396. The van der Waals surface area contributed by atoms with Crippen LogP contribution in [0.2, 0.25) is 0 Å². The first-order valence-electron chi connectivity index (χ1n) is 6.69. The van der Waals surface area contributed by atoms with Crippen LogP contribution in [-0.4, -0.2) is 11.4 Å². The van der Waals surface area contributed by atoms with Gasteiger partial charge in [0.05, 0.1) is 0 Å². The van der Waals surface area contributed by atoms with Crippen molar-refractivity contribution >= 4 is 27.5 Å². The first-order valence-corrected chi connectivity index (χ1v) is 8.02. The van der Waals surface area contributed by atoms with Crippen molar-refractivity contribution < 1.29 is 0 Å². The molecule has 1 fully saturated rings. The molecule has 0 spiro atoms. The average Bonchev–Trinajstić information content (AvgIpc) is 2.37. The molecular formula is C15H21BrClN. The minimum Gasteiger partial charge on any atom is -0.306 e. The molecule has 0 bridgehead atoms. The molecule has 1 aliphatic carbocycles. The molecule has 100 valence electrons. The van der Waals surface area contributed by atoms with E-state index in [0.29, 0.717) is 5.88 Å². The molecule has 2 unspecified atom stereocenters. The summed E-state index contributed by atoms with van der Waals surface area (Å²) < 4.78 is 1.14. The standard InChI is InChI=1S/C15H21BrClN/c1-12-4-3-7-15(9-12,11-17)18-10-13-5-2-6-14(16)8-13/h2,5-6,8,12,18H,3-4,7,9-11H2,1H3. The highest BCUT2D eigenvalue weighted by Crippen LogP contribution is 2.33. The van der Waals surface area contributed by atoms with Crippen LogP contribution in [0.3, 0.4) is 0 Å². The Balaban J connectivity index is 1.98. The van der Waals surface area contributed by atoms with Crippen molar-refractivity contribution in [3.8, 4) is 0 Å². The van der Waals surface area contributed by atoms with E-state index in [-0.39, 0.29) is 5.54 Å². The first-order chi connectivity index (χ1) is 8.63. The summed E-state index contributed by atoms with van der Waals surface area (Å²) in [5.74, 6) is 1.50. The van der Waals surface area contributed by atoms with Gasteiger partial charge in [0.2, 0.25) is 0 Å². The maximum atomic E-state index is 6.23. The fourth-order valence-corrected chi connectivity index (χ4v) is 3.71. The fraction of sp³-hybridized carbons (Fsp3) is 0.600. The van der Waals surface area contributed by atoms with Gasteiger partial charge in [0.25, 0.3) is 0 Å². The normalized spacial score (nSPS) is 28.3. The van der Waals surface area contributed by atoms with E-state index >= 15 is 0 Å². The van der Waals surface area contributed by atoms with Gasteiger partial charge < -0.3 is 5.32 Å². The van der Waals surface area contributed by atoms with Crippen molar-refractivity contribution in [2.45, 2.75) is 44.7 Å². The highest BCUT2D eigenvalue weighted by atomic mass is 79.9. The van der Waals surface area contributed by atoms with E-state index in [1.54, 1.807) is 0 Å². The lowest BCUT2D eigenvalue weighted by atomic mass is 9.77. The van der Waals surface area contributed by atoms with Crippen LogP contribution in [0.25, 0.3) is 0 Å². The van der Waals surface area contributed by atoms with Crippen molar-refractivity contribution in [1.82, 2.24) is 5.32 Å². The van der Waals surface area contributed by atoms with Crippen LogP contribution in [-0.2, 0) is 6.54 Å². The molecule has 1 saturated carbocycles. The maximum Gasteiger partial charge on any atom is 0.0406 e. The molecule has 0 aromatic heterocycles. The SMILES string of the molecule is CC1CCCC(CCl)(NCc2cccc(Br)c2)C1. The van der Waals surface area contributed by atoms with Crippen LogP contribution >= 0.6 is 27.5 Å². The molecule has 1 aliphatic rings. The Kier molecular flexibility index (Phi) is 5.11.